The van der Waals surface area contributed by atoms with Gasteiger partial charge in [0.25, 0.3) is 0 Å². The molecule has 2 rings (SSSR count). The van der Waals surface area contributed by atoms with Crippen molar-refractivity contribution in [2.75, 3.05) is 20.1 Å². The molecule has 1 atom stereocenters. The van der Waals surface area contributed by atoms with Crippen LogP contribution in [0.5, 0.6) is 0 Å². The maximum absolute atomic E-state index is 6.13. The number of rotatable bonds is 3. The van der Waals surface area contributed by atoms with Crippen molar-refractivity contribution in [1.29, 1.82) is 0 Å². The van der Waals surface area contributed by atoms with Crippen molar-refractivity contribution in [3.63, 3.8) is 0 Å². The maximum Gasteiger partial charge on any atom is 0.00698 e. The summed E-state index contributed by atoms with van der Waals surface area (Å²) in [5.74, 6) is 1.81. The average molecular weight is 182 g/mol. The smallest absolute Gasteiger partial charge is 0.00698 e. The molecule has 0 amide bonds. The van der Waals surface area contributed by atoms with Crippen molar-refractivity contribution in [2.45, 2.75) is 38.1 Å². The predicted molar refractivity (Wildman–Crippen MR) is 55.5 cm³/mol. The van der Waals surface area contributed by atoms with E-state index < -0.39 is 0 Å². The van der Waals surface area contributed by atoms with Gasteiger partial charge in [-0.1, -0.05) is 0 Å². The predicted octanol–water partition coefficient (Wildman–Crippen LogP) is 1.46. The molecule has 2 heteroatoms. The van der Waals surface area contributed by atoms with Gasteiger partial charge >= 0.3 is 0 Å². The molecule has 76 valence electrons. The van der Waals surface area contributed by atoms with Crippen LogP contribution in [0.3, 0.4) is 0 Å². The zero-order chi connectivity index (χ0) is 9.26. The summed E-state index contributed by atoms with van der Waals surface area (Å²) in [6, 6.07) is 0.522. The molecule has 2 fully saturated rings. The van der Waals surface area contributed by atoms with Gasteiger partial charge in [-0.05, 0) is 64.1 Å². The summed E-state index contributed by atoms with van der Waals surface area (Å²) >= 11 is 0. The van der Waals surface area contributed by atoms with Gasteiger partial charge in [0.15, 0.2) is 0 Å². The maximum atomic E-state index is 6.13. The number of hydrogen-bond donors (Lipinski definition) is 1. The van der Waals surface area contributed by atoms with Gasteiger partial charge in [-0.25, -0.2) is 0 Å². The Balaban J connectivity index is 1.69. The minimum Gasteiger partial charge on any atom is -0.327 e. The molecule has 2 aliphatic rings. The molecular formula is C11H22N2. The van der Waals surface area contributed by atoms with Gasteiger partial charge in [-0.2, -0.15) is 0 Å². The van der Waals surface area contributed by atoms with Crippen molar-refractivity contribution in [3.05, 3.63) is 0 Å². The van der Waals surface area contributed by atoms with Gasteiger partial charge < -0.3 is 10.6 Å². The van der Waals surface area contributed by atoms with Crippen LogP contribution in [0.1, 0.15) is 32.1 Å². The van der Waals surface area contributed by atoms with E-state index in [0.717, 1.165) is 11.8 Å². The summed E-state index contributed by atoms with van der Waals surface area (Å²) in [5.41, 5.74) is 6.13. The van der Waals surface area contributed by atoms with E-state index >= 15 is 0 Å². The summed E-state index contributed by atoms with van der Waals surface area (Å²) in [6.07, 6.45) is 6.83. The van der Waals surface area contributed by atoms with Crippen LogP contribution in [0.2, 0.25) is 0 Å². The highest BCUT2D eigenvalue weighted by Crippen LogP contribution is 2.35. The zero-order valence-electron chi connectivity index (χ0n) is 8.71. The largest absolute Gasteiger partial charge is 0.327 e. The summed E-state index contributed by atoms with van der Waals surface area (Å²) in [6.45, 7) is 2.56. The Labute approximate surface area is 81.5 Å². The number of hydrogen-bond acceptors (Lipinski definition) is 2. The summed E-state index contributed by atoms with van der Waals surface area (Å²) in [4.78, 5) is 2.43. The van der Waals surface area contributed by atoms with Gasteiger partial charge in [0.05, 0.1) is 0 Å². The molecule has 1 heterocycles. The van der Waals surface area contributed by atoms with E-state index in [-0.39, 0.29) is 0 Å². The van der Waals surface area contributed by atoms with E-state index in [9.17, 15) is 0 Å². The lowest BCUT2D eigenvalue weighted by atomic mass is 9.89. The van der Waals surface area contributed by atoms with E-state index in [1.807, 2.05) is 0 Å². The Morgan fingerprint density at radius 3 is 2.38 bits per heavy atom. The van der Waals surface area contributed by atoms with Crippen LogP contribution in [-0.4, -0.2) is 31.1 Å². The third kappa shape index (κ3) is 2.68. The van der Waals surface area contributed by atoms with Crippen molar-refractivity contribution in [1.82, 2.24) is 4.90 Å². The van der Waals surface area contributed by atoms with Crippen LogP contribution in [0.4, 0.5) is 0 Å². The summed E-state index contributed by atoms with van der Waals surface area (Å²) in [5, 5.41) is 0. The van der Waals surface area contributed by atoms with Crippen LogP contribution in [0.15, 0.2) is 0 Å². The van der Waals surface area contributed by atoms with Crippen LogP contribution in [-0.2, 0) is 0 Å². The molecule has 1 unspecified atom stereocenters. The Hall–Kier alpha value is -0.0800. The fourth-order valence-electron chi connectivity index (χ4n) is 2.40. The first-order valence-electron chi connectivity index (χ1n) is 5.70. The SMILES string of the molecule is CN1CCC(CC(N)C2CC2)CC1. The Morgan fingerprint density at radius 2 is 1.85 bits per heavy atom. The molecule has 1 saturated heterocycles. The lowest BCUT2D eigenvalue weighted by Gasteiger charge is -2.30. The molecule has 1 saturated carbocycles. The highest BCUT2D eigenvalue weighted by molar-refractivity contribution is 4.86. The van der Waals surface area contributed by atoms with E-state index in [2.05, 4.69) is 11.9 Å². The first-order chi connectivity index (χ1) is 6.25. The van der Waals surface area contributed by atoms with Gasteiger partial charge in [0, 0.05) is 6.04 Å². The van der Waals surface area contributed by atoms with Crippen molar-refractivity contribution >= 4 is 0 Å². The van der Waals surface area contributed by atoms with Crippen LogP contribution >= 0.6 is 0 Å². The second-order valence-electron chi connectivity index (χ2n) is 4.98. The fraction of sp³-hybridized carbons (Fsp3) is 1.00. The number of likely N-dealkylation sites (tertiary alicyclic amines) is 1. The van der Waals surface area contributed by atoms with Crippen molar-refractivity contribution in [2.24, 2.45) is 17.6 Å². The van der Waals surface area contributed by atoms with Gasteiger partial charge in [-0.3, -0.25) is 0 Å². The molecule has 1 aliphatic heterocycles. The van der Waals surface area contributed by atoms with E-state index in [1.165, 1.54) is 45.2 Å². The number of nitrogens with zero attached hydrogens (tertiary/aromatic N) is 1. The van der Waals surface area contributed by atoms with Crippen LogP contribution in [0.25, 0.3) is 0 Å². The van der Waals surface area contributed by atoms with E-state index in [1.54, 1.807) is 0 Å². The Bertz CT molecular complexity index is 157. The number of piperidine rings is 1. The molecular weight excluding hydrogens is 160 g/mol. The van der Waals surface area contributed by atoms with Crippen LogP contribution in [0, 0.1) is 11.8 Å². The highest BCUT2D eigenvalue weighted by atomic mass is 15.1. The third-order valence-electron chi connectivity index (χ3n) is 3.67. The summed E-state index contributed by atoms with van der Waals surface area (Å²) < 4.78 is 0. The minimum absolute atomic E-state index is 0.522. The minimum atomic E-state index is 0.522. The van der Waals surface area contributed by atoms with Gasteiger partial charge in [0.2, 0.25) is 0 Å². The molecule has 0 aromatic carbocycles. The Kier molecular flexibility index (Phi) is 2.89. The topological polar surface area (TPSA) is 29.3 Å². The molecule has 13 heavy (non-hydrogen) atoms. The van der Waals surface area contributed by atoms with E-state index in [0.29, 0.717) is 6.04 Å². The lowest BCUT2D eigenvalue weighted by Crippen LogP contribution is -2.34. The van der Waals surface area contributed by atoms with Crippen LogP contribution < -0.4 is 5.73 Å². The van der Waals surface area contributed by atoms with Crippen molar-refractivity contribution < 1.29 is 0 Å². The standard InChI is InChI=1S/C11H22N2/c1-13-6-4-9(5-7-13)8-11(12)10-2-3-10/h9-11H,2-8,12H2,1H3. The zero-order valence-corrected chi connectivity index (χ0v) is 8.71. The van der Waals surface area contributed by atoms with Gasteiger partial charge in [0.1, 0.15) is 0 Å². The summed E-state index contributed by atoms with van der Waals surface area (Å²) in [7, 11) is 2.22. The molecule has 0 bridgehead atoms. The molecule has 0 radical (unpaired) electrons. The van der Waals surface area contributed by atoms with E-state index in [4.69, 9.17) is 5.73 Å². The quantitative estimate of drug-likeness (QED) is 0.716. The third-order valence-corrected chi connectivity index (χ3v) is 3.67. The average Bonchev–Trinajstić information content (AvgIpc) is 2.91. The second-order valence-corrected chi connectivity index (χ2v) is 4.98. The molecule has 1 aliphatic carbocycles. The fourth-order valence-corrected chi connectivity index (χ4v) is 2.40. The lowest BCUT2D eigenvalue weighted by molar-refractivity contribution is 0.203. The second kappa shape index (κ2) is 3.97. The van der Waals surface area contributed by atoms with Gasteiger partial charge in [-0.15, -0.1) is 0 Å². The first kappa shape index (κ1) is 9.47. The highest BCUT2D eigenvalue weighted by Gasteiger charge is 2.30. The molecule has 2 N–H and O–H groups in total. The Morgan fingerprint density at radius 1 is 1.23 bits per heavy atom. The first-order valence-corrected chi connectivity index (χ1v) is 5.70. The monoisotopic (exact) mass is 182 g/mol. The molecule has 0 aromatic heterocycles. The number of nitrogens with two attached hydrogens (primary N) is 1. The molecule has 0 aromatic rings. The molecule has 2 nitrogen and oxygen atoms in total. The van der Waals surface area contributed by atoms with Crippen molar-refractivity contribution in [3.8, 4) is 0 Å². The molecule has 0 spiro atoms. The normalized spacial score (nSPS) is 29.1.